The molecular formula is C20H20N2O4S2. The Morgan fingerprint density at radius 1 is 1.25 bits per heavy atom. The first kappa shape index (κ1) is 19.0. The number of sulfone groups is 1. The van der Waals surface area contributed by atoms with Crippen LogP contribution in [0.5, 0.6) is 0 Å². The lowest BCUT2D eigenvalue weighted by atomic mass is 10.2. The number of anilines is 2. The van der Waals surface area contributed by atoms with Gasteiger partial charge in [-0.3, -0.25) is 9.59 Å². The molecule has 8 heteroatoms. The van der Waals surface area contributed by atoms with Crippen molar-refractivity contribution in [1.82, 2.24) is 0 Å². The van der Waals surface area contributed by atoms with Crippen LogP contribution in [-0.4, -0.2) is 37.8 Å². The van der Waals surface area contributed by atoms with Crippen molar-refractivity contribution in [2.24, 2.45) is 0 Å². The predicted octanol–water partition coefficient (Wildman–Crippen LogP) is 2.87. The number of hydrogen-bond donors (Lipinski definition) is 1. The topological polar surface area (TPSA) is 83.6 Å². The van der Waals surface area contributed by atoms with Gasteiger partial charge in [0, 0.05) is 23.5 Å². The second-order valence-electron chi connectivity index (χ2n) is 6.98. The van der Waals surface area contributed by atoms with Crippen LogP contribution < -0.4 is 10.2 Å². The number of rotatable bonds is 4. The summed E-state index contributed by atoms with van der Waals surface area (Å²) in [5.41, 5.74) is 2.48. The highest BCUT2D eigenvalue weighted by atomic mass is 32.2. The first-order valence-corrected chi connectivity index (χ1v) is 11.6. The maximum atomic E-state index is 13.0. The molecule has 146 valence electrons. The van der Waals surface area contributed by atoms with Gasteiger partial charge in [-0.2, -0.15) is 0 Å². The minimum Gasteiger partial charge on any atom is -0.324 e. The van der Waals surface area contributed by atoms with Gasteiger partial charge < -0.3 is 10.2 Å². The quantitative estimate of drug-likeness (QED) is 0.829. The van der Waals surface area contributed by atoms with E-state index in [1.165, 1.54) is 17.8 Å². The van der Waals surface area contributed by atoms with Crippen molar-refractivity contribution in [3.63, 3.8) is 0 Å². The lowest BCUT2D eigenvalue weighted by Crippen LogP contribution is -2.33. The van der Waals surface area contributed by atoms with E-state index in [-0.39, 0.29) is 23.1 Å². The molecule has 2 aromatic rings. The number of carbonyl (C=O) groups is 2. The van der Waals surface area contributed by atoms with E-state index in [0.717, 1.165) is 22.6 Å². The molecule has 1 unspecified atom stereocenters. The molecule has 0 radical (unpaired) electrons. The number of amides is 2. The molecule has 1 atom stereocenters. The molecule has 1 N–H and O–H groups in total. The van der Waals surface area contributed by atoms with Crippen molar-refractivity contribution in [2.45, 2.75) is 34.8 Å². The molecule has 0 spiro atoms. The van der Waals surface area contributed by atoms with Crippen LogP contribution in [0.3, 0.4) is 0 Å². The molecule has 0 fully saturated rings. The monoisotopic (exact) mass is 416 g/mol. The Bertz CT molecular complexity index is 1070. The number of nitrogens with one attached hydrogen (secondary N) is 1. The first-order valence-electron chi connectivity index (χ1n) is 9.05. The number of thioether (sulfide) groups is 1. The fourth-order valence-corrected chi connectivity index (χ4v) is 5.69. The summed E-state index contributed by atoms with van der Waals surface area (Å²) < 4.78 is 26.0. The fraction of sp³-hybridized carbons (Fsp3) is 0.300. The molecule has 2 aliphatic heterocycles. The third kappa shape index (κ3) is 3.42. The van der Waals surface area contributed by atoms with E-state index < -0.39 is 15.1 Å². The van der Waals surface area contributed by atoms with Crippen LogP contribution in [0.1, 0.15) is 18.9 Å². The first-order chi connectivity index (χ1) is 13.4. The Morgan fingerprint density at radius 2 is 2.04 bits per heavy atom. The molecule has 2 heterocycles. The minimum absolute atomic E-state index is 0.0884. The molecule has 0 aliphatic carbocycles. The second kappa shape index (κ2) is 7.25. The highest BCUT2D eigenvalue weighted by Gasteiger charge is 2.31. The summed E-state index contributed by atoms with van der Waals surface area (Å²) in [7, 11) is -3.70. The Hall–Kier alpha value is -2.32. The maximum Gasteiger partial charge on any atom is 0.234 e. The summed E-state index contributed by atoms with van der Waals surface area (Å²) in [5.74, 6) is -0.0211. The average Bonchev–Trinajstić information content (AvgIpc) is 3.11. The van der Waals surface area contributed by atoms with Crippen LogP contribution in [0.4, 0.5) is 11.4 Å². The van der Waals surface area contributed by atoms with Crippen LogP contribution in [0.15, 0.2) is 52.3 Å². The van der Waals surface area contributed by atoms with Crippen LogP contribution >= 0.6 is 11.8 Å². The number of para-hydroxylation sites is 1. The number of nitrogens with zero attached hydrogens (tertiary/aromatic N) is 1. The highest BCUT2D eigenvalue weighted by Crippen LogP contribution is 2.34. The molecule has 0 bridgehead atoms. The third-order valence-corrected chi connectivity index (χ3v) is 8.30. The average molecular weight is 417 g/mol. The molecule has 4 rings (SSSR count). The van der Waals surface area contributed by atoms with E-state index in [9.17, 15) is 18.0 Å². The zero-order chi connectivity index (χ0) is 19.9. The van der Waals surface area contributed by atoms with Gasteiger partial charge in [0.25, 0.3) is 0 Å². The summed E-state index contributed by atoms with van der Waals surface area (Å²) >= 11 is 1.38. The molecule has 2 aliphatic rings. The fourth-order valence-electron chi connectivity index (χ4n) is 3.53. The van der Waals surface area contributed by atoms with Crippen molar-refractivity contribution in [2.75, 3.05) is 22.5 Å². The lowest BCUT2D eigenvalue weighted by Gasteiger charge is -2.21. The van der Waals surface area contributed by atoms with Gasteiger partial charge in [-0.15, -0.1) is 11.8 Å². The van der Waals surface area contributed by atoms with E-state index in [0.29, 0.717) is 18.0 Å². The number of carbonyl (C=O) groups excluding carboxylic acids is 2. The Labute approximate surface area is 168 Å². The Balaban J connectivity index is 1.53. The maximum absolute atomic E-state index is 13.0. The zero-order valence-corrected chi connectivity index (χ0v) is 17.0. The van der Waals surface area contributed by atoms with Crippen molar-refractivity contribution < 1.29 is 18.0 Å². The lowest BCUT2D eigenvalue weighted by molar-refractivity contribution is -0.118. The summed E-state index contributed by atoms with van der Waals surface area (Å²) in [6.07, 6.45) is 0.695. The Morgan fingerprint density at radius 3 is 2.86 bits per heavy atom. The second-order valence-corrected chi connectivity index (χ2v) is 10.4. The molecule has 0 aromatic heterocycles. The summed E-state index contributed by atoms with van der Waals surface area (Å²) in [4.78, 5) is 27.0. The summed E-state index contributed by atoms with van der Waals surface area (Å²) in [6.45, 7) is 2.13. The summed E-state index contributed by atoms with van der Waals surface area (Å²) in [5, 5.41) is 1.85. The van der Waals surface area contributed by atoms with Crippen LogP contribution in [0.25, 0.3) is 0 Å². The largest absolute Gasteiger partial charge is 0.324 e. The van der Waals surface area contributed by atoms with Gasteiger partial charge in [0.2, 0.25) is 11.8 Å². The third-order valence-electron chi connectivity index (χ3n) is 5.09. The van der Waals surface area contributed by atoms with Gasteiger partial charge in [0.05, 0.1) is 21.6 Å². The molecular weight excluding hydrogens is 396 g/mol. The highest BCUT2D eigenvalue weighted by molar-refractivity contribution is 8.00. The van der Waals surface area contributed by atoms with E-state index in [1.807, 2.05) is 24.3 Å². The molecule has 2 amide bonds. The van der Waals surface area contributed by atoms with Gasteiger partial charge >= 0.3 is 0 Å². The van der Waals surface area contributed by atoms with Crippen LogP contribution in [-0.2, 0) is 25.8 Å². The van der Waals surface area contributed by atoms with Gasteiger partial charge in [0.15, 0.2) is 9.84 Å². The molecule has 2 aromatic carbocycles. The van der Waals surface area contributed by atoms with E-state index in [1.54, 1.807) is 24.0 Å². The number of fused-ring (bicyclic) bond motifs is 2. The molecule has 28 heavy (non-hydrogen) atoms. The smallest absolute Gasteiger partial charge is 0.234 e. The van der Waals surface area contributed by atoms with Crippen molar-refractivity contribution in [1.29, 1.82) is 0 Å². The number of benzene rings is 2. The van der Waals surface area contributed by atoms with Gasteiger partial charge in [-0.25, -0.2) is 8.42 Å². The van der Waals surface area contributed by atoms with E-state index in [2.05, 4.69) is 5.32 Å². The number of hydrogen-bond acceptors (Lipinski definition) is 5. The Kier molecular flexibility index (Phi) is 4.93. The predicted molar refractivity (Wildman–Crippen MR) is 110 cm³/mol. The molecule has 0 saturated heterocycles. The van der Waals surface area contributed by atoms with Crippen LogP contribution in [0, 0.1) is 0 Å². The normalized spacial score (nSPS) is 16.9. The van der Waals surface area contributed by atoms with Gasteiger partial charge in [-0.1, -0.05) is 18.2 Å². The van der Waals surface area contributed by atoms with Crippen molar-refractivity contribution in [3.05, 3.63) is 48.0 Å². The SMILES string of the molecule is CC(CC(=O)N1CCc2ccccc21)S(=O)(=O)c1ccc2c(c1)NC(=O)CS2. The minimum atomic E-state index is -3.70. The van der Waals surface area contributed by atoms with Gasteiger partial charge in [0.1, 0.15) is 0 Å². The standard InChI is InChI=1S/C20H20N2O4S2/c1-13(10-20(24)22-9-8-14-4-2-3-5-17(14)22)28(25,26)15-6-7-18-16(11-15)21-19(23)12-27-18/h2-7,11,13H,8-10,12H2,1H3,(H,21,23). The van der Waals surface area contributed by atoms with E-state index in [4.69, 9.17) is 0 Å². The zero-order valence-electron chi connectivity index (χ0n) is 15.3. The van der Waals surface area contributed by atoms with E-state index >= 15 is 0 Å². The van der Waals surface area contributed by atoms with Crippen molar-refractivity contribution >= 4 is 44.8 Å². The summed E-state index contributed by atoms with van der Waals surface area (Å²) in [6, 6.07) is 12.4. The van der Waals surface area contributed by atoms with Gasteiger partial charge in [-0.05, 0) is 43.2 Å². The molecule has 0 saturated carbocycles. The molecule has 6 nitrogen and oxygen atoms in total. The van der Waals surface area contributed by atoms with Crippen molar-refractivity contribution in [3.8, 4) is 0 Å². The van der Waals surface area contributed by atoms with Crippen LogP contribution in [0.2, 0.25) is 0 Å².